The molecule has 2 aromatic rings. The molecule has 0 saturated carbocycles. The van der Waals surface area contributed by atoms with Gasteiger partial charge >= 0.3 is 0 Å². The lowest BCUT2D eigenvalue weighted by Crippen LogP contribution is -2.66. The highest BCUT2D eigenvalue weighted by atomic mass is 28.4. The Bertz CT molecular complexity index is 2980. The summed E-state index contributed by atoms with van der Waals surface area (Å²) >= 11 is 0. The Balaban J connectivity index is 1.87. The van der Waals surface area contributed by atoms with Gasteiger partial charge in [-0.05, 0) is 83.4 Å². The van der Waals surface area contributed by atoms with Crippen LogP contribution in [0.3, 0.4) is 0 Å². The average molecular weight is 1580 g/mol. The second-order valence-electron chi connectivity index (χ2n) is 27.5. The Labute approximate surface area is 649 Å². The Morgan fingerprint density at radius 1 is 0.518 bits per heavy atom. The third-order valence-electron chi connectivity index (χ3n) is 19.0. The van der Waals surface area contributed by atoms with Crippen molar-refractivity contribution in [2.24, 2.45) is 15.3 Å². The van der Waals surface area contributed by atoms with Crippen molar-refractivity contribution in [2.75, 3.05) is 94.5 Å². The van der Waals surface area contributed by atoms with Crippen LogP contribution in [0.5, 0.6) is 0 Å². The lowest BCUT2D eigenvalue weighted by Gasteiger charge is -2.48. The van der Waals surface area contributed by atoms with E-state index in [1.807, 2.05) is 116 Å². The number of azide groups is 3. The van der Waals surface area contributed by atoms with Crippen LogP contribution in [0.1, 0.15) is 145 Å². The van der Waals surface area contributed by atoms with Crippen molar-refractivity contribution in [3.63, 3.8) is 0 Å². The molecule has 4 rings (SSSR count). The number of unbranched alkanes of at least 4 members (excludes halogenated alkanes) is 6. The van der Waals surface area contributed by atoms with E-state index in [4.69, 9.17) is 85.3 Å². The lowest BCUT2D eigenvalue weighted by molar-refractivity contribution is -0.320. The molecule has 0 aromatic heterocycles. The fourth-order valence-corrected chi connectivity index (χ4v) is 16.5. The van der Waals surface area contributed by atoms with E-state index in [2.05, 4.69) is 49.8 Å². The fraction of sp³-hybridized carbons (Fsp3) is 0.763. The molecule has 2 aliphatic rings. The molecule has 0 spiro atoms. The molecule has 624 valence electrons. The third-order valence-corrected chi connectivity index (χ3v) is 23.6. The second kappa shape index (κ2) is 53.4. The zero-order valence-corrected chi connectivity index (χ0v) is 67.5. The van der Waals surface area contributed by atoms with Crippen LogP contribution in [0.15, 0.2) is 113 Å². The number of ether oxygens (including phenoxy) is 18. The summed E-state index contributed by atoms with van der Waals surface area (Å²) < 4.78 is 113. The molecule has 2 aliphatic heterocycles. The number of hydrogen-bond acceptors (Lipinski definition) is 27. The Morgan fingerprint density at radius 2 is 0.918 bits per heavy atom. The molecule has 2 heterocycles. The van der Waals surface area contributed by atoms with Crippen molar-refractivity contribution >= 4 is 18.7 Å². The average Bonchev–Trinajstić information content (AvgIpc) is 0.752. The first-order chi connectivity index (χ1) is 53.1. The van der Waals surface area contributed by atoms with Gasteiger partial charge in [0.15, 0.2) is 18.9 Å². The van der Waals surface area contributed by atoms with Crippen LogP contribution in [0.25, 0.3) is 31.3 Å². The Morgan fingerprint density at radius 3 is 1.32 bits per heavy atom. The van der Waals surface area contributed by atoms with Crippen LogP contribution in [0.2, 0.25) is 5.04 Å². The molecule has 20 atom stereocenters. The van der Waals surface area contributed by atoms with E-state index in [9.17, 15) is 46.9 Å². The fourth-order valence-electron chi connectivity index (χ4n) is 12.7. The van der Waals surface area contributed by atoms with Gasteiger partial charge in [0.1, 0.15) is 103 Å². The van der Waals surface area contributed by atoms with Crippen LogP contribution in [-0.4, -0.2) is 262 Å². The largest absolute Gasteiger partial charge is 0.466 e. The maximum atomic E-state index is 13.5. The van der Waals surface area contributed by atoms with Crippen molar-refractivity contribution < 1.29 is 116 Å². The van der Waals surface area contributed by atoms with Gasteiger partial charge in [0.2, 0.25) is 18.9 Å². The molecule has 2 saturated heterocycles. The standard InChI is InChI=1S/C76H127N9O24Si/c1-16-22-41-96-49-55(80-83-77)70(102-47-40-86)103-50(7)64(98-43-24-18-3)61(89)75(95-15)109-67-57(48-87)107-72(59(82-85-79)69(67)101-46-27-21-6)105-52(9)65(99-44-25-19-4)62(90)74(94-14)108-66-56(38-39-76(10,11)110(91,53-34-30-28-31-35-53)54-36-32-29-33-37-54)106-71(58(81-84-78)68(66)100-45-26-20-5)104-51(8)63(97-42-23-17-2)60(88)73(92-12)93-13/h28-37,55-75,86-91H,7-9,16-27,38-49H2,1-6,10-15H3/t55?,56?,57?,58?,59?,60?,61?,62?,63?,64?,65?,66-,67-,68?,69?,70-,71+,72+,74+,75+/m1/s1. The predicted octanol–water partition coefficient (Wildman–Crippen LogP) is 9.86. The van der Waals surface area contributed by atoms with E-state index in [0.29, 0.717) is 64.4 Å². The van der Waals surface area contributed by atoms with Crippen molar-refractivity contribution in [2.45, 2.75) is 279 Å². The molecule has 110 heavy (non-hydrogen) atoms. The number of benzene rings is 2. The van der Waals surface area contributed by atoms with E-state index in [-0.39, 0.29) is 76.4 Å². The quantitative estimate of drug-likeness (QED) is 0.00682. The van der Waals surface area contributed by atoms with E-state index in [0.717, 1.165) is 29.6 Å². The summed E-state index contributed by atoms with van der Waals surface area (Å²) in [6.07, 6.45) is -18.7. The van der Waals surface area contributed by atoms with Crippen LogP contribution in [0, 0.1) is 0 Å². The van der Waals surface area contributed by atoms with Crippen molar-refractivity contribution in [3.8, 4) is 0 Å². The highest BCUT2D eigenvalue weighted by molar-refractivity contribution is 6.98. The molecule has 0 bridgehead atoms. The number of rotatable bonds is 62. The molecule has 0 aliphatic carbocycles. The van der Waals surface area contributed by atoms with Gasteiger partial charge in [-0.2, -0.15) is 0 Å². The van der Waals surface area contributed by atoms with Crippen molar-refractivity contribution in [3.05, 3.63) is 129 Å². The highest BCUT2D eigenvalue weighted by Gasteiger charge is 2.56. The minimum Gasteiger partial charge on any atom is -0.466 e. The first-order valence-corrected chi connectivity index (χ1v) is 40.4. The van der Waals surface area contributed by atoms with Gasteiger partial charge in [-0.1, -0.05) is 190 Å². The van der Waals surface area contributed by atoms with E-state index >= 15 is 0 Å². The summed E-state index contributed by atoms with van der Waals surface area (Å²) in [5.74, 6) is -0.657. The number of hydrogen-bond donors (Lipinski definition) is 6. The summed E-state index contributed by atoms with van der Waals surface area (Å²) in [5.41, 5.74) is 30.5. The Kier molecular flexibility index (Phi) is 47.0. The molecule has 2 aromatic carbocycles. The number of aliphatic hydroxyl groups is 5. The summed E-state index contributed by atoms with van der Waals surface area (Å²) in [5, 5.41) is 71.1. The first-order valence-electron chi connectivity index (χ1n) is 38.4. The van der Waals surface area contributed by atoms with Gasteiger partial charge < -0.3 is 116 Å². The molecule has 13 unspecified atom stereocenters. The van der Waals surface area contributed by atoms with E-state index in [1.165, 1.54) is 28.4 Å². The van der Waals surface area contributed by atoms with Gasteiger partial charge in [-0.15, -0.1) is 0 Å². The third kappa shape index (κ3) is 28.7. The highest BCUT2D eigenvalue weighted by Crippen LogP contribution is 2.44. The summed E-state index contributed by atoms with van der Waals surface area (Å²) in [7, 11) is 1.51. The molecule has 0 radical (unpaired) electrons. The first kappa shape index (κ1) is 96.7. The van der Waals surface area contributed by atoms with Gasteiger partial charge in [-0.3, -0.25) is 0 Å². The van der Waals surface area contributed by atoms with Crippen LogP contribution in [0.4, 0.5) is 0 Å². The van der Waals surface area contributed by atoms with Crippen LogP contribution in [-0.2, 0) is 85.3 Å². The molecular formula is C76H127N9O24Si. The maximum absolute atomic E-state index is 13.5. The van der Waals surface area contributed by atoms with Gasteiger partial charge in [-0.25, -0.2) is 0 Å². The smallest absolute Gasteiger partial charge is 0.258 e. The Hall–Kier alpha value is -5.63. The zero-order valence-electron chi connectivity index (χ0n) is 66.5. The van der Waals surface area contributed by atoms with Gasteiger partial charge in [0.25, 0.3) is 8.32 Å². The van der Waals surface area contributed by atoms with Crippen molar-refractivity contribution in [1.29, 1.82) is 0 Å². The number of aliphatic hydroxyl groups excluding tert-OH is 5. The SMILES string of the molecule is C=C(O[C@H]1OC(CCC(C)(C)[Si](O)(c2ccccc2)c2ccccc2)[C@@H](O[C@H](OC)C(O)C(OCCCC)C(=C)O[C@H]2OC(CO)[C@@H](O[C@H](OC)C(O)C(OCCCC)C(=C)O[C@@H](OCCO)C(COCCCC)N=[N+]=[N-])C(OCCCC)C2N=[N+]=[N-])C(OCCCC)C1N=[N+]=[N-])C(OCCCC)C(O)C(OC)OC. The summed E-state index contributed by atoms with van der Waals surface area (Å²) in [6, 6.07) is 14.9. The summed E-state index contributed by atoms with van der Waals surface area (Å²) in [4.78, 5) is 22.9. The monoisotopic (exact) mass is 1580 g/mol. The lowest BCUT2D eigenvalue weighted by atomic mass is 9.91. The molecule has 33 nitrogen and oxygen atoms in total. The van der Waals surface area contributed by atoms with Crippen LogP contribution >= 0.6 is 0 Å². The van der Waals surface area contributed by atoms with Crippen LogP contribution < -0.4 is 10.4 Å². The second-order valence-corrected chi connectivity index (χ2v) is 31.4. The molecule has 34 heteroatoms. The van der Waals surface area contributed by atoms with Gasteiger partial charge in [0, 0.05) is 82.8 Å². The molecule has 6 N–H and O–H groups in total. The molecule has 0 amide bonds. The maximum Gasteiger partial charge on any atom is 0.258 e. The number of nitrogens with zero attached hydrogens (tertiary/aromatic N) is 9. The van der Waals surface area contributed by atoms with E-state index < -0.39 is 156 Å². The zero-order chi connectivity index (χ0) is 81.0. The summed E-state index contributed by atoms with van der Waals surface area (Å²) in [6.45, 7) is 27.4. The molecular weight excluding hydrogens is 1450 g/mol. The van der Waals surface area contributed by atoms with Crippen molar-refractivity contribution in [1.82, 2.24) is 0 Å². The normalized spacial score (nSPS) is 23.0. The minimum atomic E-state index is -3.74. The van der Waals surface area contributed by atoms with E-state index in [1.54, 1.807) is 0 Å². The topological polar surface area (TPSA) is 434 Å². The predicted molar refractivity (Wildman–Crippen MR) is 410 cm³/mol. The molecule has 2 fully saturated rings. The van der Waals surface area contributed by atoms with Gasteiger partial charge in [0.05, 0.1) is 32.5 Å². The number of methoxy groups -OCH3 is 4. The minimum absolute atomic E-state index is 0.0116.